The number of carbonyl (C=O) groups is 1. The zero-order chi connectivity index (χ0) is 20.0. The van der Waals surface area contributed by atoms with Crippen molar-refractivity contribution in [2.75, 3.05) is 0 Å². The third-order valence-corrected chi connectivity index (χ3v) is 5.32. The molecule has 0 saturated carbocycles. The van der Waals surface area contributed by atoms with Gasteiger partial charge in [-0.3, -0.25) is 9.78 Å². The van der Waals surface area contributed by atoms with E-state index in [0.717, 1.165) is 18.3 Å². The van der Waals surface area contributed by atoms with Gasteiger partial charge < -0.3 is 10.6 Å². The average Bonchev–Trinajstić information content (AvgIpc) is 3.23. The fourth-order valence-electron chi connectivity index (χ4n) is 2.58. The van der Waals surface area contributed by atoms with Crippen molar-refractivity contribution >= 4 is 29.3 Å². The minimum absolute atomic E-state index is 0.169. The molecule has 2 aromatic rings. The summed E-state index contributed by atoms with van der Waals surface area (Å²) in [6.07, 6.45) is 1.19. The van der Waals surface area contributed by atoms with Crippen LogP contribution in [0.15, 0.2) is 18.5 Å². The number of hydrogen-bond donors (Lipinski definition) is 2. The summed E-state index contributed by atoms with van der Waals surface area (Å²) >= 11 is 6.39. The number of halogens is 4. The molecular formula is C17H20ClF3N4OS. The first-order valence-electron chi connectivity index (χ1n) is 8.31. The van der Waals surface area contributed by atoms with Crippen LogP contribution >= 0.6 is 22.9 Å². The number of pyridine rings is 1. The molecule has 1 aliphatic rings. The molecule has 0 aliphatic carbocycles. The van der Waals surface area contributed by atoms with Gasteiger partial charge in [0.15, 0.2) is 5.01 Å². The molecule has 10 heteroatoms. The molecule has 5 nitrogen and oxygen atoms in total. The largest absolute Gasteiger partial charge is 0.443 e. The number of nitrogens with one attached hydrogen (secondary N) is 2. The van der Waals surface area contributed by atoms with Gasteiger partial charge in [0.25, 0.3) is 0 Å². The van der Waals surface area contributed by atoms with E-state index in [2.05, 4.69) is 34.4 Å². The van der Waals surface area contributed by atoms with Crippen LogP contribution in [0.2, 0.25) is 5.02 Å². The van der Waals surface area contributed by atoms with E-state index in [1.807, 2.05) is 0 Å². The van der Waals surface area contributed by atoms with Crippen LogP contribution in [-0.2, 0) is 17.5 Å². The van der Waals surface area contributed by atoms with Crippen molar-refractivity contribution < 1.29 is 18.0 Å². The first-order chi connectivity index (χ1) is 12.7. The molecule has 2 N–H and O–H groups in total. The van der Waals surface area contributed by atoms with E-state index in [4.69, 9.17) is 11.6 Å². The molecule has 1 saturated heterocycles. The van der Waals surface area contributed by atoms with Gasteiger partial charge in [0, 0.05) is 31.0 Å². The predicted octanol–water partition coefficient (Wildman–Crippen LogP) is 4.27. The van der Waals surface area contributed by atoms with Crippen LogP contribution in [0.5, 0.6) is 0 Å². The number of amides is 1. The molecule has 0 radical (unpaired) electrons. The Kier molecular flexibility index (Phi) is 7.58. The van der Waals surface area contributed by atoms with Gasteiger partial charge in [-0.25, -0.2) is 4.98 Å². The maximum Gasteiger partial charge on any atom is 0.443 e. The van der Waals surface area contributed by atoms with E-state index in [9.17, 15) is 18.0 Å². The van der Waals surface area contributed by atoms with Gasteiger partial charge in [-0.05, 0) is 38.3 Å². The lowest BCUT2D eigenvalue weighted by Crippen LogP contribution is -2.23. The van der Waals surface area contributed by atoms with Crippen molar-refractivity contribution in [2.45, 2.75) is 51.5 Å². The van der Waals surface area contributed by atoms with E-state index in [0.29, 0.717) is 34.0 Å². The summed E-state index contributed by atoms with van der Waals surface area (Å²) in [6, 6.07) is 3.07. The minimum Gasteiger partial charge on any atom is -0.355 e. The highest BCUT2D eigenvalue weighted by Crippen LogP contribution is 2.36. The number of rotatable bonds is 4. The Morgan fingerprint density at radius 3 is 2.44 bits per heavy atom. The highest BCUT2D eigenvalue weighted by atomic mass is 35.5. The minimum atomic E-state index is -4.47. The topological polar surface area (TPSA) is 66.9 Å². The predicted molar refractivity (Wildman–Crippen MR) is 99.6 cm³/mol. The average molecular weight is 421 g/mol. The maximum atomic E-state index is 12.5. The quantitative estimate of drug-likeness (QED) is 0.725. The molecule has 3 heterocycles. The Morgan fingerprint density at radius 1 is 1.30 bits per heavy atom. The second-order valence-electron chi connectivity index (χ2n) is 6.23. The zero-order valence-corrected chi connectivity index (χ0v) is 16.4. The van der Waals surface area contributed by atoms with E-state index in [-0.39, 0.29) is 11.4 Å². The highest BCUT2D eigenvalue weighted by Gasteiger charge is 2.34. The van der Waals surface area contributed by atoms with Gasteiger partial charge in [0.05, 0.1) is 15.6 Å². The van der Waals surface area contributed by atoms with Crippen molar-refractivity contribution in [3.8, 4) is 10.6 Å². The Hall–Kier alpha value is -1.71. The van der Waals surface area contributed by atoms with Crippen LogP contribution in [-0.4, -0.2) is 28.5 Å². The second-order valence-corrected chi connectivity index (χ2v) is 7.67. The van der Waals surface area contributed by atoms with Gasteiger partial charge in [-0.1, -0.05) is 11.6 Å². The molecule has 0 aromatic carbocycles. The van der Waals surface area contributed by atoms with Gasteiger partial charge in [0.1, 0.15) is 0 Å². The van der Waals surface area contributed by atoms with Crippen LogP contribution < -0.4 is 10.6 Å². The number of alkyl halides is 3. The zero-order valence-electron chi connectivity index (χ0n) is 14.8. The van der Waals surface area contributed by atoms with Crippen molar-refractivity contribution in [3.05, 3.63) is 34.1 Å². The highest BCUT2D eigenvalue weighted by molar-refractivity contribution is 7.15. The Bertz CT molecular complexity index is 761. The summed E-state index contributed by atoms with van der Waals surface area (Å²) in [6.45, 7) is 4.65. The summed E-state index contributed by atoms with van der Waals surface area (Å²) < 4.78 is 37.5. The van der Waals surface area contributed by atoms with Crippen molar-refractivity contribution in [3.63, 3.8) is 0 Å². The van der Waals surface area contributed by atoms with Crippen molar-refractivity contribution in [1.82, 2.24) is 20.6 Å². The van der Waals surface area contributed by atoms with Crippen LogP contribution in [0.3, 0.4) is 0 Å². The van der Waals surface area contributed by atoms with Crippen LogP contribution in [0.25, 0.3) is 10.6 Å². The van der Waals surface area contributed by atoms with Crippen LogP contribution in [0, 0.1) is 0 Å². The third kappa shape index (κ3) is 6.44. The second kappa shape index (κ2) is 9.48. The molecule has 2 unspecified atom stereocenters. The summed E-state index contributed by atoms with van der Waals surface area (Å²) in [7, 11) is 0. The van der Waals surface area contributed by atoms with E-state index in [1.54, 1.807) is 0 Å². The molecule has 27 heavy (non-hydrogen) atoms. The summed E-state index contributed by atoms with van der Waals surface area (Å²) in [4.78, 5) is 17.8. The Balaban J connectivity index is 0.000000313. The normalized spacial score (nSPS) is 19.3. The number of thiazole rings is 1. The lowest BCUT2D eigenvalue weighted by atomic mass is 10.2. The summed E-state index contributed by atoms with van der Waals surface area (Å²) in [5, 5.41) is 5.23. The first kappa shape index (κ1) is 21.6. The molecule has 1 aliphatic heterocycles. The fraction of sp³-hybridized carbons (Fsp3) is 0.471. The fourth-order valence-corrected chi connectivity index (χ4v) is 3.50. The molecule has 0 bridgehead atoms. The number of hydrogen-bond acceptors (Lipinski definition) is 5. The molecule has 1 fully saturated rings. The van der Waals surface area contributed by atoms with E-state index in [1.165, 1.54) is 25.1 Å². The lowest BCUT2D eigenvalue weighted by molar-refractivity contribution is -0.137. The van der Waals surface area contributed by atoms with Crippen molar-refractivity contribution in [2.24, 2.45) is 0 Å². The molecule has 3 rings (SSSR count). The molecule has 2 aromatic heterocycles. The third-order valence-electron chi connectivity index (χ3n) is 3.91. The van der Waals surface area contributed by atoms with Crippen molar-refractivity contribution in [1.29, 1.82) is 0 Å². The maximum absolute atomic E-state index is 12.5. The lowest BCUT2D eigenvalue weighted by Gasteiger charge is -2.05. The molecule has 148 valence electrons. The van der Waals surface area contributed by atoms with E-state index >= 15 is 0 Å². The summed E-state index contributed by atoms with van der Waals surface area (Å²) in [5.41, 5.74) is 0.885. The molecule has 0 spiro atoms. The first-order valence-corrected chi connectivity index (χ1v) is 9.51. The standard InChI is InChI=1S/C11H7ClF3N3OS.C6H13N/c12-7-3-17-8(1-6(7)2-16-5-19)9-4-18-10(20-9)11(13,14)15;1-5-3-4-6(2)7-5/h1,3-5H,2H2,(H,16,19);5-7H,3-4H2,1-2H3. The Labute approximate surface area is 164 Å². The molecular weight excluding hydrogens is 401 g/mol. The van der Waals surface area contributed by atoms with Gasteiger partial charge in [-0.2, -0.15) is 13.2 Å². The van der Waals surface area contributed by atoms with Gasteiger partial charge >= 0.3 is 6.18 Å². The van der Waals surface area contributed by atoms with Gasteiger partial charge in [-0.15, -0.1) is 11.3 Å². The SMILES string of the molecule is CC1CCC(C)N1.O=CNCc1cc(-c2cnc(C(F)(F)F)s2)ncc1Cl. The van der Waals surface area contributed by atoms with Crippen LogP contribution in [0.1, 0.15) is 37.3 Å². The summed E-state index contributed by atoms with van der Waals surface area (Å²) in [5.74, 6) is 0. The van der Waals surface area contributed by atoms with Crippen LogP contribution in [0.4, 0.5) is 13.2 Å². The number of aromatic nitrogens is 2. The molecule has 2 atom stereocenters. The monoisotopic (exact) mass is 420 g/mol. The smallest absolute Gasteiger partial charge is 0.355 e. The Morgan fingerprint density at radius 2 is 1.96 bits per heavy atom. The van der Waals surface area contributed by atoms with Gasteiger partial charge in [0.2, 0.25) is 6.41 Å². The molecule has 1 amide bonds. The number of carbonyl (C=O) groups excluding carboxylic acids is 1. The van der Waals surface area contributed by atoms with E-state index < -0.39 is 11.2 Å². The number of nitrogens with zero attached hydrogens (tertiary/aromatic N) is 2.